The molecule has 0 saturated carbocycles. The zero-order valence-electron chi connectivity index (χ0n) is 8.92. The van der Waals surface area contributed by atoms with Gasteiger partial charge in [-0.15, -0.1) is 0 Å². The van der Waals surface area contributed by atoms with E-state index in [-0.39, 0.29) is 0 Å². The molecule has 1 heterocycles. The van der Waals surface area contributed by atoms with Crippen LogP contribution in [0.3, 0.4) is 0 Å². The van der Waals surface area contributed by atoms with Crippen molar-refractivity contribution in [3.05, 3.63) is 12.2 Å². The molecule has 1 aliphatic rings. The van der Waals surface area contributed by atoms with E-state index in [1.165, 1.54) is 32.4 Å². The van der Waals surface area contributed by atoms with Gasteiger partial charge in [0, 0.05) is 6.04 Å². The molecule has 0 aromatic rings. The Bertz CT molecular complexity index is 146. The number of hydrogen-bond donors (Lipinski definition) is 1. The lowest BCUT2D eigenvalue weighted by Crippen LogP contribution is -2.41. The lowest BCUT2D eigenvalue weighted by Gasteiger charge is -2.29. The second kappa shape index (κ2) is 6.17. The third kappa shape index (κ3) is 4.44. The molecule has 2 nitrogen and oxygen atoms in total. The summed E-state index contributed by atoms with van der Waals surface area (Å²) >= 11 is 0. The molecule has 1 N–H and O–H groups in total. The van der Waals surface area contributed by atoms with Gasteiger partial charge >= 0.3 is 0 Å². The van der Waals surface area contributed by atoms with Crippen LogP contribution in [0.4, 0.5) is 0 Å². The van der Waals surface area contributed by atoms with Crippen LogP contribution in [-0.4, -0.2) is 37.6 Å². The van der Waals surface area contributed by atoms with Crippen LogP contribution >= 0.6 is 0 Å². The van der Waals surface area contributed by atoms with Crippen LogP contribution in [0.15, 0.2) is 12.2 Å². The first-order chi connectivity index (χ1) is 6.33. The average Bonchev–Trinajstić information content (AvgIpc) is 2.15. The van der Waals surface area contributed by atoms with E-state index in [2.05, 4.69) is 36.3 Å². The van der Waals surface area contributed by atoms with E-state index in [1.54, 1.807) is 0 Å². The third-order valence-corrected chi connectivity index (χ3v) is 2.70. The molecule has 13 heavy (non-hydrogen) atoms. The summed E-state index contributed by atoms with van der Waals surface area (Å²) < 4.78 is 0. The molecule has 0 radical (unpaired) electrons. The van der Waals surface area contributed by atoms with Crippen molar-refractivity contribution >= 4 is 0 Å². The van der Waals surface area contributed by atoms with Crippen molar-refractivity contribution in [1.82, 2.24) is 10.2 Å². The first kappa shape index (κ1) is 10.7. The number of nitrogens with one attached hydrogen (secondary N) is 1. The molecule has 1 aliphatic heterocycles. The Morgan fingerprint density at radius 1 is 1.38 bits per heavy atom. The predicted molar refractivity (Wildman–Crippen MR) is 58.0 cm³/mol. The van der Waals surface area contributed by atoms with E-state index < -0.39 is 0 Å². The van der Waals surface area contributed by atoms with E-state index in [1.807, 2.05) is 0 Å². The molecule has 0 aromatic heterocycles. The highest BCUT2D eigenvalue weighted by Crippen LogP contribution is 2.07. The lowest BCUT2D eigenvalue weighted by molar-refractivity contribution is 0.235. The maximum absolute atomic E-state index is 3.60. The normalized spacial score (nSPS) is 21.4. The van der Waals surface area contributed by atoms with E-state index in [9.17, 15) is 0 Å². The van der Waals surface area contributed by atoms with Gasteiger partial charge in [0.1, 0.15) is 0 Å². The lowest BCUT2D eigenvalue weighted by atomic mass is 10.1. The van der Waals surface area contributed by atoms with Crippen molar-refractivity contribution in [2.45, 2.75) is 32.2 Å². The monoisotopic (exact) mass is 182 g/mol. The van der Waals surface area contributed by atoms with Crippen LogP contribution in [0.5, 0.6) is 0 Å². The fourth-order valence-corrected chi connectivity index (χ4v) is 1.75. The molecule has 0 spiro atoms. The summed E-state index contributed by atoms with van der Waals surface area (Å²) in [6.45, 7) is 5.72. The highest BCUT2D eigenvalue weighted by molar-refractivity contribution is 4.80. The minimum atomic E-state index is 0.765. The first-order valence-corrected chi connectivity index (χ1v) is 5.36. The summed E-state index contributed by atoms with van der Waals surface area (Å²) in [7, 11) is 2.20. The fourth-order valence-electron chi connectivity index (χ4n) is 1.75. The second-order valence-electron chi connectivity index (χ2n) is 3.89. The van der Waals surface area contributed by atoms with Crippen LogP contribution in [-0.2, 0) is 0 Å². The van der Waals surface area contributed by atoms with Crippen molar-refractivity contribution in [3.63, 3.8) is 0 Å². The molecule has 76 valence electrons. The zero-order valence-corrected chi connectivity index (χ0v) is 8.92. The smallest absolute Gasteiger partial charge is 0.00915 e. The standard InChI is InChI=1S/C11H22N2/c1-3-4-5-8-12-11-6-9-13(2)10-7-11/h3-4,11-12H,5-10H2,1-2H3/b4-3+. The largest absolute Gasteiger partial charge is 0.314 e. The van der Waals surface area contributed by atoms with Crippen LogP contribution in [0, 0.1) is 0 Å². The van der Waals surface area contributed by atoms with E-state index in [0.29, 0.717) is 0 Å². The van der Waals surface area contributed by atoms with Gasteiger partial charge in [0.2, 0.25) is 0 Å². The van der Waals surface area contributed by atoms with Gasteiger partial charge in [-0.25, -0.2) is 0 Å². The van der Waals surface area contributed by atoms with Gasteiger partial charge in [-0.05, 0) is 52.9 Å². The number of piperidine rings is 1. The molecule has 0 amide bonds. The van der Waals surface area contributed by atoms with Crippen molar-refractivity contribution in [1.29, 1.82) is 0 Å². The van der Waals surface area contributed by atoms with Gasteiger partial charge in [-0.1, -0.05) is 12.2 Å². The molecule has 0 unspecified atom stereocenters. The van der Waals surface area contributed by atoms with Crippen LogP contribution in [0.25, 0.3) is 0 Å². The summed E-state index contributed by atoms with van der Waals surface area (Å²) in [5.74, 6) is 0. The average molecular weight is 182 g/mol. The maximum atomic E-state index is 3.60. The quantitative estimate of drug-likeness (QED) is 0.525. The highest BCUT2D eigenvalue weighted by atomic mass is 15.1. The molecule has 0 aliphatic carbocycles. The number of rotatable bonds is 4. The molecule has 0 aromatic carbocycles. The minimum Gasteiger partial charge on any atom is -0.314 e. The number of allylic oxidation sites excluding steroid dienone is 1. The number of likely N-dealkylation sites (tertiary alicyclic amines) is 1. The topological polar surface area (TPSA) is 15.3 Å². The Morgan fingerprint density at radius 2 is 2.08 bits per heavy atom. The molecule has 0 atom stereocenters. The molecule has 0 bridgehead atoms. The zero-order chi connectivity index (χ0) is 9.52. The Kier molecular flexibility index (Phi) is 5.09. The molecule has 1 saturated heterocycles. The highest BCUT2D eigenvalue weighted by Gasteiger charge is 2.14. The predicted octanol–water partition coefficient (Wildman–Crippen LogP) is 1.64. The summed E-state index contributed by atoms with van der Waals surface area (Å²) in [5.41, 5.74) is 0. The second-order valence-corrected chi connectivity index (χ2v) is 3.89. The molecular weight excluding hydrogens is 160 g/mol. The Morgan fingerprint density at radius 3 is 2.69 bits per heavy atom. The Hall–Kier alpha value is -0.340. The first-order valence-electron chi connectivity index (χ1n) is 5.36. The van der Waals surface area contributed by atoms with E-state index in [0.717, 1.165) is 12.6 Å². The molecule has 1 fully saturated rings. The van der Waals surface area contributed by atoms with Gasteiger partial charge in [-0.2, -0.15) is 0 Å². The van der Waals surface area contributed by atoms with Crippen molar-refractivity contribution in [2.75, 3.05) is 26.7 Å². The minimum absolute atomic E-state index is 0.765. The fraction of sp³-hybridized carbons (Fsp3) is 0.818. The van der Waals surface area contributed by atoms with Gasteiger partial charge in [-0.3, -0.25) is 0 Å². The van der Waals surface area contributed by atoms with Gasteiger partial charge in [0.25, 0.3) is 0 Å². The molecule has 2 heteroatoms. The van der Waals surface area contributed by atoms with Gasteiger partial charge in [0.05, 0.1) is 0 Å². The summed E-state index contributed by atoms with van der Waals surface area (Å²) in [6.07, 6.45) is 8.14. The van der Waals surface area contributed by atoms with Crippen LogP contribution in [0.1, 0.15) is 26.2 Å². The van der Waals surface area contributed by atoms with E-state index >= 15 is 0 Å². The number of nitrogens with zero attached hydrogens (tertiary/aromatic N) is 1. The maximum Gasteiger partial charge on any atom is 0.00915 e. The van der Waals surface area contributed by atoms with Crippen molar-refractivity contribution in [2.24, 2.45) is 0 Å². The number of hydrogen-bond acceptors (Lipinski definition) is 2. The Balaban J connectivity index is 2.02. The van der Waals surface area contributed by atoms with Crippen LogP contribution in [0.2, 0.25) is 0 Å². The van der Waals surface area contributed by atoms with Gasteiger partial charge in [0.15, 0.2) is 0 Å². The Labute approximate surface area is 82.0 Å². The van der Waals surface area contributed by atoms with Gasteiger partial charge < -0.3 is 10.2 Å². The summed E-state index contributed by atoms with van der Waals surface area (Å²) in [5, 5.41) is 3.60. The molecule has 1 rings (SSSR count). The van der Waals surface area contributed by atoms with Crippen molar-refractivity contribution in [3.8, 4) is 0 Å². The van der Waals surface area contributed by atoms with Crippen molar-refractivity contribution < 1.29 is 0 Å². The summed E-state index contributed by atoms with van der Waals surface area (Å²) in [6, 6.07) is 0.765. The molecular formula is C11H22N2. The SMILES string of the molecule is C/C=C/CCNC1CCN(C)CC1. The van der Waals surface area contributed by atoms with E-state index in [4.69, 9.17) is 0 Å². The third-order valence-electron chi connectivity index (χ3n) is 2.70. The summed E-state index contributed by atoms with van der Waals surface area (Å²) in [4.78, 5) is 2.41. The van der Waals surface area contributed by atoms with Crippen LogP contribution < -0.4 is 5.32 Å².